The monoisotopic (exact) mass is 897 g/mol. The second kappa shape index (κ2) is 20.5. The molecule has 1 spiro atoms. The summed E-state index contributed by atoms with van der Waals surface area (Å²) in [5.41, 5.74) is -0.646. The highest BCUT2D eigenvalue weighted by atomic mass is 16.6. The van der Waals surface area contributed by atoms with E-state index in [4.69, 9.17) is 19.2 Å². The van der Waals surface area contributed by atoms with E-state index in [2.05, 4.69) is 82.6 Å². The van der Waals surface area contributed by atoms with Crippen molar-refractivity contribution >= 4 is 28.2 Å². The highest BCUT2D eigenvalue weighted by Gasteiger charge is 2.50. The number of allylic oxidation sites excluding steroid dienone is 4. The number of benzene rings is 2. The van der Waals surface area contributed by atoms with Gasteiger partial charge in [-0.3, -0.25) is 14.6 Å². The van der Waals surface area contributed by atoms with Gasteiger partial charge in [-0.2, -0.15) is 0 Å². The predicted octanol–water partition coefficient (Wildman–Crippen LogP) is 8.72. The summed E-state index contributed by atoms with van der Waals surface area (Å²) in [6.07, 6.45) is 20.8. The molecule has 1 fully saturated rings. The van der Waals surface area contributed by atoms with Gasteiger partial charge in [-0.05, 0) is 76.5 Å². The number of amides is 1. The SMILES string of the molecule is C#C.CCC1/C=C/C[C@@]2(CC)Oc3c(C)c(O)c4c(O)c(c5c(c4c3C2=O)NC2(CCN(CC(C)C)CC2)N=5)=NC(=O)/C(C)=C\C=C\C(C)CC(C)C(OC(C)(C)O)[C@@H](C)C(OC)[C@@H]1C. The molecule has 356 valence electrons. The molecule has 0 radical (unpaired) electrons. The summed E-state index contributed by atoms with van der Waals surface area (Å²) in [4.78, 5) is 41.4. The highest BCUT2D eigenvalue weighted by molar-refractivity contribution is 6.22. The number of ketones is 1. The maximum atomic E-state index is 15.2. The minimum absolute atomic E-state index is 0.0259. The van der Waals surface area contributed by atoms with Crippen LogP contribution < -0.4 is 20.8 Å². The first-order chi connectivity index (χ1) is 30.6. The summed E-state index contributed by atoms with van der Waals surface area (Å²) in [7, 11) is 1.73. The summed E-state index contributed by atoms with van der Waals surface area (Å²) in [5.74, 6) is -1.90. The minimum Gasteiger partial charge on any atom is -0.507 e. The fourth-order valence-electron chi connectivity index (χ4n) is 10.8. The zero-order valence-corrected chi connectivity index (χ0v) is 41.2. The number of aliphatic hydroxyl groups is 1. The van der Waals surface area contributed by atoms with Crippen LogP contribution in [0.4, 0.5) is 5.69 Å². The topological polar surface area (TPSA) is 163 Å². The third kappa shape index (κ3) is 10.4. The van der Waals surface area contributed by atoms with Crippen molar-refractivity contribution in [3.05, 3.63) is 57.8 Å². The predicted molar refractivity (Wildman–Crippen MR) is 258 cm³/mol. The van der Waals surface area contributed by atoms with Gasteiger partial charge in [0.2, 0.25) is 5.78 Å². The number of ether oxygens (including phenoxy) is 3. The maximum absolute atomic E-state index is 15.2. The highest BCUT2D eigenvalue weighted by Crippen LogP contribution is 2.52. The van der Waals surface area contributed by atoms with Gasteiger partial charge < -0.3 is 39.7 Å². The number of fused-ring (bicyclic) bond motifs is 1. The van der Waals surface area contributed by atoms with Crippen molar-refractivity contribution in [1.82, 2.24) is 4.90 Å². The smallest absolute Gasteiger partial charge is 0.273 e. The number of terminal acetylenes is 1. The number of phenols is 2. The molecule has 1 amide bonds. The Balaban J connectivity index is 0.00000391. The first kappa shape index (κ1) is 51.4. The van der Waals surface area contributed by atoms with Crippen LogP contribution in [0, 0.1) is 55.3 Å². The lowest BCUT2D eigenvalue weighted by Crippen LogP contribution is -2.47. The number of hydrogen-bond acceptors (Lipinski definition) is 11. The third-order valence-electron chi connectivity index (χ3n) is 14.2. The number of nitrogens with one attached hydrogen (secondary N) is 1. The minimum atomic E-state index is -1.37. The van der Waals surface area contributed by atoms with Crippen LogP contribution in [0.25, 0.3) is 10.8 Å². The molecule has 6 rings (SSSR count). The number of anilines is 1. The Morgan fingerprint density at radius 2 is 1.65 bits per heavy atom. The van der Waals surface area contributed by atoms with Crippen molar-refractivity contribution in [2.45, 2.75) is 151 Å². The van der Waals surface area contributed by atoms with Crippen LogP contribution in [0.15, 0.2) is 45.9 Å². The van der Waals surface area contributed by atoms with E-state index in [0.717, 1.165) is 32.5 Å². The summed E-state index contributed by atoms with van der Waals surface area (Å²) < 4.78 is 19.5. The number of likely N-dealkylation sites (tertiary alicyclic amines) is 1. The Bertz CT molecular complexity index is 2330. The Hall–Kier alpha value is -4.54. The molecule has 4 N–H and O–H groups in total. The Morgan fingerprint density at radius 3 is 2.23 bits per heavy atom. The van der Waals surface area contributed by atoms with Crippen molar-refractivity contribution in [3.63, 3.8) is 0 Å². The number of nitrogens with zero attached hydrogens (tertiary/aromatic N) is 3. The number of aromatic hydroxyl groups is 2. The fourth-order valence-corrected chi connectivity index (χ4v) is 10.8. The van der Waals surface area contributed by atoms with Gasteiger partial charge >= 0.3 is 0 Å². The van der Waals surface area contributed by atoms with Crippen LogP contribution in [0.3, 0.4) is 0 Å². The Kier molecular flexibility index (Phi) is 16.3. The zero-order chi connectivity index (χ0) is 48.3. The van der Waals surface area contributed by atoms with Gasteiger partial charge in [-0.1, -0.05) is 85.8 Å². The van der Waals surface area contributed by atoms with Crippen LogP contribution >= 0.6 is 0 Å². The Morgan fingerprint density at radius 1 is 0.985 bits per heavy atom. The summed E-state index contributed by atoms with van der Waals surface area (Å²) in [6.45, 7) is 26.3. The van der Waals surface area contributed by atoms with Crippen molar-refractivity contribution in [2.24, 2.45) is 45.5 Å². The van der Waals surface area contributed by atoms with E-state index < -0.39 is 28.7 Å². The maximum Gasteiger partial charge on any atom is 0.273 e. The molecule has 0 aromatic heterocycles. The van der Waals surface area contributed by atoms with Crippen LogP contribution in [0.1, 0.15) is 131 Å². The van der Waals surface area contributed by atoms with Gasteiger partial charge in [0.05, 0.1) is 28.8 Å². The van der Waals surface area contributed by atoms with Gasteiger partial charge in [-0.15, -0.1) is 12.8 Å². The van der Waals surface area contributed by atoms with E-state index in [1.165, 1.54) is 0 Å². The number of carbonyl (C=O) groups excluding carboxylic acids is 2. The summed E-state index contributed by atoms with van der Waals surface area (Å²) >= 11 is 0. The molecule has 0 saturated carbocycles. The zero-order valence-electron chi connectivity index (χ0n) is 41.2. The van der Waals surface area contributed by atoms with E-state index in [1.807, 2.05) is 25.2 Å². The van der Waals surface area contributed by atoms with E-state index >= 15 is 4.79 Å². The molecule has 2 aromatic carbocycles. The fraction of sp³-hybridized carbons (Fsp3) is 0.623. The first-order valence-corrected chi connectivity index (χ1v) is 23.7. The number of hydrogen-bond donors (Lipinski definition) is 4. The normalized spacial score (nSPS) is 30.4. The van der Waals surface area contributed by atoms with Crippen LogP contribution in [-0.2, 0) is 14.3 Å². The van der Waals surface area contributed by atoms with Crippen molar-refractivity contribution in [1.29, 1.82) is 0 Å². The number of phenolic OH excluding ortho intramolecular Hbond substituents is 2. The van der Waals surface area contributed by atoms with Gasteiger partial charge in [0.1, 0.15) is 27.9 Å². The lowest BCUT2D eigenvalue weighted by Gasteiger charge is -2.41. The first-order valence-electron chi connectivity index (χ1n) is 23.7. The molecule has 65 heavy (non-hydrogen) atoms. The molecule has 12 nitrogen and oxygen atoms in total. The van der Waals surface area contributed by atoms with Crippen molar-refractivity contribution < 1.29 is 39.1 Å². The van der Waals surface area contributed by atoms with E-state index in [1.54, 1.807) is 40.9 Å². The van der Waals surface area contributed by atoms with Gasteiger partial charge in [0.25, 0.3) is 5.91 Å². The summed E-state index contributed by atoms with van der Waals surface area (Å²) in [6, 6.07) is 0. The molecule has 1 saturated heterocycles. The third-order valence-corrected chi connectivity index (χ3v) is 14.2. The van der Waals surface area contributed by atoms with Gasteiger partial charge in [-0.25, -0.2) is 4.99 Å². The van der Waals surface area contributed by atoms with Gasteiger partial charge in [0.15, 0.2) is 17.1 Å². The molecule has 4 aliphatic rings. The standard InChI is InChI=1S/C51H74N4O8.C2H2/c1-14-35-20-17-21-50(15-2)47(58)38-36-37(42(56)33(9)46(38)63-50)43(57)41(40-39(36)53-51(54-40)22-24-55(25-23-51)27-28(3)4)52-48(59)30(6)19-16-18-29(5)26-31(7)44(62-49(11,12)60)34(10)45(61-13)32(35)8;1-2/h16-20,28-29,31-32,34-35,44-45,53,56-57,60H,14-15,21-27H2,1-13H3;1-2H/b18-16+,20-17+,30-19-,52-41?;/t29?,31?,32-,34-,35?,44?,45?,50-;/m1./s1. The number of rotatable bonds is 7. The van der Waals surface area contributed by atoms with Crippen LogP contribution in [-0.4, -0.2) is 87.9 Å². The lowest BCUT2D eigenvalue weighted by molar-refractivity contribution is -0.237. The molecule has 2 aromatic rings. The molecular weight excluding hydrogens is 821 g/mol. The van der Waals surface area contributed by atoms with Crippen LogP contribution in [0.2, 0.25) is 0 Å². The molecule has 4 bridgehead atoms. The van der Waals surface area contributed by atoms with Crippen molar-refractivity contribution in [2.75, 3.05) is 32.1 Å². The lowest BCUT2D eigenvalue weighted by atomic mass is 9.76. The molecule has 4 heterocycles. The van der Waals surface area contributed by atoms with E-state index in [0.29, 0.717) is 52.7 Å². The van der Waals surface area contributed by atoms with Crippen LogP contribution in [0.5, 0.6) is 17.2 Å². The summed E-state index contributed by atoms with van der Waals surface area (Å²) in [5, 5.41) is 39.5. The number of carbonyl (C=O) groups is 2. The quantitative estimate of drug-likeness (QED) is 0.0916. The van der Waals surface area contributed by atoms with Gasteiger partial charge in [0, 0.05) is 68.4 Å². The second-order valence-electron chi connectivity index (χ2n) is 20.1. The molecular formula is C53H76N4O8. The van der Waals surface area contributed by atoms with Crippen molar-refractivity contribution in [3.8, 4) is 30.1 Å². The largest absolute Gasteiger partial charge is 0.507 e. The van der Waals surface area contributed by atoms with E-state index in [-0.39, 0.29) is 81.8 Å². The van der Waals surface area contributed by atoms with E-state index in [9.17, 15) is 20.1 Å². The molecule has 0 aliphatic carbocycles. The number of Topliss-reactive ketones (excluding diaryl/α,β-unsaturated/α-hetero) is 1. The molecule has 4 aliphatic heterocycles. The average Bonchev–Trinajstić information content (AvgIpc) is 3.77. The number of methoxy groups -OCH3 is 1. The molecule has 8 atom stereocenters. The molecule has 5 unspecified atom stereocenters. The number of piperidine rings is 1. The second-order valence-corrected chi connectivity index (χ2v) is 20.1. The molecule has 12 heteroatoms. The average molecular weight is 897 g/mol. The Labute approximate surface area is 387 Å².